The second-order valence-electron chi connectivity index (χ2n) is 5.94. The number of hydrogen-bond donors (Lipinski definition) is 2. The summed E-state index contributed by atoms with van der Waals surface area (Å²) in [6, 6.07) is 9.80. The molecule has 1 aliphatic rings. The quantitative estimate of drug-likeness (QED) is 0.864. The number of pyridine rings is 1. The average Bonchev–Trinajstić information content (AvgIpc) is 3.36. The molecule has 126 valence electrons. The number of carbonyl (C=O) groups excluding carboxylic acids is 1. The summed E-state index contributed by atoms with van der Waals surface area (Å²) in [5.41, 5.74) is 8.28. The van der Waals surface area contributed by atoms with E-state index in [1.54, 1.807) is 0 Å². The van der Waals surface area contributed by atoms with Gasteiger partial charge in [0.05, 0.1) is 11.1 Å². The van der Waals surface area contributed by atoms with Gasteiger partial charge in [-0.3, -0.25) is 9.78 Å². The average molecular weight is 356 g/mol. The molecule has 1 aromatic heterocycles. The third-order valence-corrected chi connectivity index (χ3v) is 3.99. The number of amides is 1. The third-order valence-electron chi connectivity index (χ3n) is 3.99. The molecular formula is C17H23Cl2N3O. The van der Waals surface area contributed by atoms with E-state index in [0.717, 1.165) is 22.2 Å². The molecule has 1 unspecified atom stereocenters. The van der Waals surface area contributed by atoms with Gasteiger partial charge in [0.1, 0.15) is 0 Å². The van der Waals surface area contributed by atoms with E-state index in [2.05, 4.69) is 5.32 Å². The van der Waals surface area contributed by atoms with E-state index >= 15 is 0 Å². The Morgan fingerprint density at radius 2 is 2.04 bits per heavy atom. The fourth-order valence-electron chi connectivity index (χ4n) is 2.42. The highest BCUT2D eigenvalue weighted by Gasteiger charge is 2.26. The third kappa shape index (κ3) is 4.56. The van der Waals surface area contributed by atoms with Gasteiger partial charge in [0.2, 0.25) is 0 Å². The van der Waals surface area contributed by atoms with Crippen molar-refractivity contribution in [3.05, 3.63) is 41.6 Å². The van der Waals surface area contributed by atoms with Gasteiger partial charge in [-0.1, -0.05) is 25.1 Å². The Morgan fingerprint density at radius 1 is 1.35 bits per heavy atom. The normalized spacial score (nSPS) is 14.5. The minimum Gasteiger partial charge on any atom is -0.352 e. The highest BCUT2D eigenvalue weighted by molar-refractivity contribution is 6.06. The van der Waals surface area contributed by atoms with Crippen molar-refractivity contribution in [2.75, 3.05) is 13.1 Å². The number of aromatic nitrogens is 1. The summed E-state index contributed by atoms with van der Waals surface area (Å²) >= 11 is 0. The van der Waals surface area contributed by atoms with Crippen LogP contribution in [0.2, 0.25) is 0 Å². The maximum atomic E-state index is 12.5. The van der Waals surface area contributed by atoms with Gasteiger partial charge >= 0.3 is 0 Å². The summed E-state index contributed by atoms with van der Waals surface area (Å²) in [5, 5.41) is 3.90. The maximum absolute atomic E-state index is 12.5. The Hall–Kier alpha value is -1.36. The van der Waals surface area contributed by atoms with Crippen molar-refractivity contribution in [2.45, 2.75) is 25.7 Å². The maximum Gasteiger partial charge on any atom is 0.252 e. The fourth-order valence-corrected chi connectivity index (χ4v) is 2.42. The molecule has 3 N–H and O–H groups in total. The van der Waals surface area contributed by atoms with Gasteiger partial charge in [-0.25, -0.2) is 0 Å². The standard InChI is InChI=1S/C17H21N3O.2ClH/c1-11(9-18)10-19-17(21)14-8-16(12-6-7-12)20-15-5-3-2-4-13(14)15;;/h2-5,8,11-12H,6-7,9-10,18H2,1H3,(H,19,21);2*1H. The number of benzene rings is 1. The van der Waals surface area contributed by atoms with Crippen molar-refractivity contribution >= 4 is 41.6 Å². The molecule has 1 aromatic carbocycles. The molecule has 1 amide bonds. The van der Waals surface area contributed by atoms with Crippen LogP contribution in [-0.4, -0.2) is 24.0 Å². The Bertz CT molecular complexity index is 674. The Morgan fingerprint density at radius 3 is 2.70 bits per heavy atom. The number of nitrogens with two attached hydrogens (primary N) is 1. The zero-order chi connectivity index (χ0) is 14.8. The summed E-state index contributed by atoms with van der Waals surface area (Å²) < 4.78 is 0. The van der Waals surface area contributed by atoms with Gasteiger partial charge in [-0.15, -0.1) is 24.8 Å². The molecule has 1 heterocycles. The number of halogens is 2. The largest absolute Gasteiger partial charge is 0.352 e. The second-order valence-corrected chi connectivity index (χ2v) is 5.94. The second kappa shape index (κ2) is 8.48. The monoisotopic (exact) mass is 355 g/mol. The van der Waals surface area contributed by atoms with Gasteiger partial charge < -0.3 is 11.1 Å². The minimum absolute atomic E-state index is 0. The van der Waals surface area contributed by atoms with E-state index in [4.69, 9.17) is 10.7 Å². The van der Waals surface area contributed by atoms with Gasteiger partial charge in [0.15, 0.2) is 0 Å². The molecule has 1 aliphatic carbocycles. The van der Waals surface area contributed by atoms with Crippen molar-refractivity contribution in [3.8, 4) is 0 Å². The van der Waals surface area contributed by atoms with Crippen molar-refractivity contribution in [3.63, 3.8) is 0 Å². The number of carbonyl (C=O) groups is 1. The topological polar surface area (TPSA) is 68.0 Å². The van der Waals surface area contributed by atoms with Gasteiger partial charge in [0.25, 0.3) is 5.91 Å². The first-order chi connectivity index (χ1) is 10.2. The molecule has 6 heteroatoms. The first kappa shape index (κ1) is 19.7. The predicted molar refractivity (Wildman–Crippen MR) is 98.8 cm³/mol. The first-order valence-electron chi connectivity index (χ1n) is 7.57. The SMILES string of the molecule is CC(CN)CNC(=O)c1cc(C2CC2)nc2ccccc12.Cl.Cl. The summed E-state index contributed by atoms with van der Waals surface area (Å²) in [6.07, 6.45) is 2.35. The molecule has 0 aliphatic heterocycles. The van der Waals surface area contributed by atoms with Crippen LogP contribution in [0.3, 0.4) is 0 Å². The predicted octanol–water partition coefficient (Wildman–Crippen LogP) is 3.28. The van der Waals surface area contributed by atoms with Crippen LogP contribution in [-0.2, 0) is 0 Å². The van der Waals surface area contributed by atoms with E-state index in [1.807, 2.05) is 37.3 Å². The van der Waals surface area contributed by atoms with E-state index in [1.165, 1.54) is 12.8 Å². The highest BCUT2D eigenvalue weighted by Crippen LogP contribution is 2.40. The van der Waals surface area contributed by atoms with E-state index in [-0.39, 0.29) is 36.6 Å². The molecule has 1 saturated carbocycles. The fraction of sp³-hybridized carbons (Fsp3) is 0.412. The van der Waals surface area contributed by atoms with Crippen LogP contribution in [0.5, 0.6) is 0 Å². The molecule has 3 rings (SSSR count). The van der Waals surface area contributed by atoms with E-state index in [0.29, 0.717) is 19.0 Å². The Labute approximate surface area is 149 Å². The van der Waals surface area contributed by atoms with Crippen LogP contribution < -0.4 is 11.1 Å². The zero-order valence-corrected chi connectivity index (χ0v) is 14.8. The Kier molecular flexibility index (Phi) is 7.26. The smallest absolute Gasteiger partial charge is 0.252 e. The lowest BCUT2D eigenvalue weighted by atomic mass is 10.0. The van der Waals surface area contributed by atoms with Crippen molar-refractivity contribution < 1.29 is 4.79 Å². The molecule has 23 heavy (non-hydrogen) atoms. The minimum atomic E-state index is -0.0317. The lowest BCUT2D eigenvalue weighted by Crippen LogP contribution is -2.31. The summed E-state index contributed by atoms with van der Waals surface area (Å²) in [7, 11) is 0. The van der Waals surface area contributed by atoms with Crippen LogP contribution in [0, 0.1) is 5.92 Å². The Balaban J connectivity index is 0.00000132. The number of rotatable bonds is 5. The van der Waals surface area contributed by atoms with Crippen LogP contribution in [0.25, 0.3) is 10.9 Å². The number of hydrogen-bond acceptors (Lipinski definition) is 3. The molecule has 4 nitrogen and oxygen atoms in total. The van der Waals surface area contributed by atoms with E-state index in [9.17, 15) is 4.79 Å². The molecule has 0 bridgehead atoms. The molecule has 1 atom stereocenters. The van der Waals surface area contributed by atoms with E-state index < -0.39 is 0 Å². The van der Waals surface area contributed by atoms with Crippen molar-refractivity contribution in [1.29, 1.82) is 0 Å². The summed E-state index contributed by atoms with van der Waals surface area (Å²) in [6.45, 7) is 3.20. The number of para-hydroxylation sites is 1. The number of fused-ring (bicyclic) bond motifs is 1. The van der Waals surface area contributed by atoms with Crippen LogP contribution >= 0.6 is 24.8 Å². The number of nitrogens with zero attached hydrogens (tertiary/aromatic N) is 1. The molecule has 0 radical (unpaired) electrons. The zero-order valence-electron chi connectivity index (χ0n) is 13.1. The van der Waals surface area contributed by atoms with Crippen LogP contribution in [0.4, 0.5) is 0 Å². The van der Waals surface area contributed by atoms with Crippen molar-refractivity contribution in [1.82, 2.24) is 10.3 Å². The lowest BCUT2D eigenvalue weighted by molar-refractivity contribution is 0.0950. The molecule has 1 fully saturated rings. The molecule has 0 spiro atoms. The van der Waals surface area contributed by atoms with Crippen molar-refractivity contribution in [2.24, 2.45) is 11.7 Å². The van der Waals surface area contributed by atoms with Gasteiger partial charge in [-0.05, 0) is 37.4 Å². The molecular weight excluding hydrogens is 333 g/mol. The van der Waals surface area contributed by atoms with Crippen LogP contribution in [0.15, 0.2) is 30.3 Å². The number of nitrogens with one attached hydrogen (secondary N) is 1. The molecule has 2 aromatic rings. The van der Waals surface area contributed by atoms with Crippen LogP contribution in [0.1, 0.15) is 41.7 Å². The first-order valence-corrected chi connectivity index (χ1v) is 7.57. The molecule has 0 saturated heterocycles. The van der Waals surface area contributed by atoms with Gasteiger partial charge in [0, 0.05) is 23.5 Å². The summed E-state index contributed by atoms with van der Waals surface area (Å²) in [5.74, 6) is 0.782. The lowest BCUT2D eigenvalue weighted by Gasteiger charge is -2.12. The van der Waals surface area contributed by atoms with Gasteiger partial charge in [-0.2, -0.15) is 0 Å². The summed E-state index contributed by atoms with van der Waals surface area (Å²) in [4.78, 5) is 17.2. The highest BCUT2D eigenvalue weighted by atomic mass is 35.5.